The molecule has 0 aliphatic carbocycles. The number of sulfonamides is 1. The van der Waals surface area contributed by atoms with Gasteiger partial charge >= 0.3 is 0 Å². The molecule has 0 fully saturated rings. The van der Waals surface area contributed by atoms with E-state index in [0.717, 1.165) is 0 Å². The van der Waals surface area contributed by atoms with Crippen molar-refractivity contribution in [1.82, 2.24) is 4.72 Å². The van der Waals surface area contributed by atoms with E-state index in [9.17, 15) is 18.5 Å². The molecule has 0 aromatic heterocycles. The van der Waals surface area contributed by atoms with Gasteiger partial charge in [0.25, 0.3) is 5.69 Å². The molecule has 0 aliphatic rings. The van der Waals surface area contributed by atoms with E-state index in [2.05, 4.69) is 20.7 Å². The number of hydrogen-bond donors (Lipinski definition) is 1. The Morgan fingerprint density at radius 1 is 1.50 bits per heavy atom. The second-order valence-corrected chi connectivity index (χ2v) is 5.79. The fourth-order valence-electron chi connectivity index (χ4n) is 1.08. The van der Waals surface area contributed by atoms with Crippen molar-refractivity contribution in [2.45, 2.75) is 5.75 Å². The van der Waals surface area contributed by atoms with E-state index < -0.39 is 14.9 Å². The van der Waals surface area contributed by atoms with Gasteiger partial charge in [-0.25, -0.2) is 13.1 Å². The van der Waals surface area contributed by atoms with Crippen molar-refractivity contribution in [3.63, 3.8) is 0 Å². The van der Waals surface area contributed by atoms with Crippen LogP contribution in [0.1, 0.15) is 5.56 Å². The molecule has 1 aromatic carbocycles. The first-order valence-corrected chi connectivity index (χ1v) is 6.64. The molecule has 6 nitrogen and oxygen atoms in total. The molecule has 0 saturated carbocycles. The van der Waals surface area contributed by atoms with Crippen LogP contribution in [0.3, 0.4) is 0 Å². The Labute approximate surface area is 101 Å². The lowest BCUT2D eigenvalue weighted by molar-refractivity contribution is -0.385. The highest BCUT2D eigenvalue weighted by Crippen LogP contribution is 2.26. The zero-order chi connectivity index (χ0) is 12.3. The maximum absolute atomic E-state index is 11.2. The van der Waals surface area contributed by atoms with Gasteiger partial charge in [0.05, 0.1) is 15.1 Å². The Morgan fingerprint density at radius 3 is 2.62 bits per heavy atom. The van der Waals surface area contributed by atoms with Crippen molar-refractivity contribution in [2.75, 3.05) is 7.05 Å². The summed E-state index contributed by atoms with van der Waals surface area (Å²) in [6, 6.07) is 4.21. The summed E-state index contributed by atoms with van der Waals surface area (Å²) in [6.45, 7) is 0. The average Bonchev–Trinajstić information content (AvgIpc) is 2.20. The number of rotatable bonds is 4. The predicted molar refractivity (Wildman–Crippen MR) is 62.5 cm³/mol. The minimum Gasteiger partial charge on any atom is -0.258 e. The third-order valence-electron chi connectivity index (χ3n) is 1.87. The Kier molecular flexibility index (Phi) is 4.00. The van der Waals surface area contributed by atoms with Crippen LogP contribution < -0.4 is 4.72 Å². The lowest BCUT2D eigenvalue weighted by atomic mass is 10.2. The van der Waals surface area contributed by atoms with Crippen LogP contribution in [0.15, 0.2) is 22.7 Å². The molecule has 0 spiro atoms. The van der Waals surface area contributed by atoms with E-state index in [0.29, 0.717) is 10.0 Å². The molecule has 8 heteroatoms. The zero-order valence-corrected chi connectivity index (χ0v) is 10.7. The molecule has 0 bridgehead atoms. The van der Waals surface area contributed by atoms with Gasteiger partial charge < -0.3 is 0 Å². The van der Waals surface area contributed by atoms with E-state index in [4.69, 9.17) is 0 Å². The molecule has 16 heavy (non-hydrogen) atoms. The van der Waals surface area contributed by atoms with E-state index in [1.807, 2.05) is 0 Å². The van der Waals surface area contributed by atoms with Crippen molar-refractivity contribution in [1.29, 1.82) is 0 Å². The first-order chi connectivity index (χ1) is 7.35. The summed E-state index contributed by atoms with van der Waals surface area (Å²) in [6.07, 6.45) is 0. The van der Waals surface area contributed by atoms with Gasteiger partial charge in [-0.05, 0) is 34.6 Å². The third-order valence-corrected chi connectivity index (χ3v) is 3.88. The lowest BCUT2D eigenvalue weighted by Gasteiger charge is -2.03. The fourth-order valence-corrected chi connectivity index (χ4v) is 2.23. The number of nitrogens with one attached hydrogen (secondary N) is 1. The first-order valence-electron chi connectivity index (χ1n) is 4.20. The third kappa shape index (κ3) is 3.26. The molecule has 1 rings (SSSR count). The van der Waals surface area contributed by atoms with Crippen LogP contribution in [0.25, 0.3) is 0 Å². The van der Waals surface area contributed by atoms with Gasteiger partial charge in [-0.3, -0.25) is 10.1 Å². The molecule has 0 heterocycles. The Bertz CT molecular complexity index is 515. The van der Waals surface area contributed by atoms with Gasteiger partial charge in [-0.1, -0.05) is 6.07 Å². The summed E-state index contributed by atoms with van der Waals surface area (Å²) in [5, 5.41) is 10.6. The van der Waals surface area contributed by atoms with Gasteiger partial charge in [0.2, 0.25) is 10.0 Å². The number of nitrogens with zero attached hydrogens (tertiary/aromatic N) is 1. The van der Waals surface area contributed by atoms with Crippen LogP contribution in [0, 0.1) is 10.1 Å². The minimum atomic E-state index is -3.42. The van der Waals surface area contributed by atoms with Crippen molar-refractivity contribution < 1.29 is 13.3 Å². The molecule has 0 radical (unpaired) electrons. The first kappa shape index (κ1) is 13.1. The molecule has 0 aliphatic heterocycles. The van der Waals surface area contributed by atoms with Gasteiger partial charge in [-0.2, -0.15) is 0 Å². The monoisotopic (exact) mass is 308 g/mol. The summed E-state index contributed by atoms with van der Waals surface area (Å²) in [7, 11) is -2.12. The van der Waals surface area contributed by atoms with Crippen molar-refractivity contribution in [3.8, 4) is 0 Å². The van der Waals surface area contributed by atoms with Gasteiger partial charge in [0, 0.05) is 6.07 Å². The average molecular weight is 309 g/mol. The quantitative estimate of drug-likeness (QED) is 0.672. The van der Waals surface area contributed by atoms with Crippen LogP contribution in [-0.2, 0) is 15.8 Å². The molecular formula is C8H9BrN2O4S. The second kappa shape index (κ2) is 4.89. The number of halogens is 1. The Hall–Kier alpha value is -0.990. The van der Waals surface area contributed by atoms with Crippen molar-refractivity contribution >= 4 is 31.6 Å². The van der Waals surface area contributed by atoms with Gasteiger partial charge in [0.15, 0.2) is 0 Å². The summed E-state index contributed by atoms with van der Waals surface area (Å²) in [4.78, 5) is 10.0. The SMILES string of the molecule is CNS(=O)(=O)Cc1ccc(Br)c([N+](=O)[O-])c1. The summed E-state index contributed by atoms with van der Waals surface area (Å²) < 4.78 is 25.0. The molecule has 1 aromatic rings. The molecule has 88 valence electrons. The van der Waals surface area contributed by atoms with Crippen LogP contribution in [0.5, 0.6) is 0 Å². The van der Waals surface area contributed by atoms with Crippen LogP contribution in [0.4, 0.5) is 5.69 Å². The standard InChI is InChI=1S/C8H9BrN2O4S/c1-10-16(14,15)5-6-2-3-7(9)8(4-6)11(12)13/h2-4,10H,5H2,1H3. The largest absolute Gasteiger partial charge is 0.283 e. The Morgan fingerprint density at radius 2 is 2.12 bits per heavy atom. The maximum Gasteiger partial charge on any atom is 0.283 e. The van der Waals surface area contributed by atoms with Crippen LogP contribution >= 0.6 is 15.9 Å². The predicted octanol–water partition coefficient (Wildman–Crippen LogP) is 1.41. The fraction of sp³-hybridized carbons (Fsp3) is 0.250. The van der Waals surface area contributed by atoms with Crippen LogP contribution in [0.2, 0.25) is 0 Å². The smallest absolute Gasteiger partial charge is 0.258 e. The highest BCUT2D eigenvalue weighted by molar-refractivity contribution is 9.10. The summed E-state index contributed by atoms with van der Waals surface area (Å²) in [5.41, 5.74) is 0.216. The van der Waals surface area contributed by atoms with Gasteiger partial charge in [0.1, 0.15) is 0 Å². The number of benzene rings is 1. The number of nitro groups is 1. The highest BCUT2D eigenvalue weighted by atomic mass is 79.9. The zero-order valence-electron chi connectivity index (χ0n) is 8.31. The van der Waals surface area contributed by atoms with Crippen molar-refractivity contribution in [2.24, 2.45) is 0 Å². The van der Waals surface area contributed by atoms with Gasteiger partial charge in [-0.15, -0.1) is 0 Å². The molecule has 0 amide bonds. The Balaban J connectivity index is 3.09. The summed E-state index contributed by atoms with van der Waals surface area (Å²) in [5.74, 6) is -0.280. The molecule has 0 saturated heterocycles. The molecular weight excluding hydrogens is 300 g/mol. The van der Waals surface area contributed by atoms with E-state index in [-0.39, 0.29) is 11.4 Å². The molecule has 1 N–H and O–H groups in total. The number of nitro benzene ring substituents is 1. The minimum absolute atomic E-state index is 0.149. The van der Waals surface area contributed by atoms with E-state index in [1.165, 1.54) is 25.2 Å². The van der Waals surface area contributed by atoms with E-state index >= 15 is 0 Å². The normalized spacial score (nSPS) is 11.4. The van der Waals surface area contributed by atoms with Crippen LogP contribution in [-0.4, -0.2) is 20.4 Å². The summed E-state index contributed by atoms with van der Waals surface area (Å²) >= 11 is 3.02. The topological polar surface area (TPSA) is 89.3 Å². The number of hydrogen-bond acceptors (Lipinski definition) is 4. The lowest BCUT2D eigenvalue weighted by Crippen LogP contribution is -2.20. The molecule has 0 unspecified atom stereocenters. The molecule has 0 atom stereocenters. The van der Waals surface area contributed by atoms with E-state index in [1.54, 1.807) is 0 Å². The maximum atomic E-state index is 11.2. The second-order valence-electron chi connectivity index (χ2n) is 3.01. The van der Waals surface area contributed by atoms with Crippen molar-refractivity contribution in [3.05, 3.63) is 38.3 Å². The highest BCUT2D eigenvalue weighted by Gasteiger charge is 2.15.